The Labute approximate surface area is 415 Å². The third-order valence-electron chi connectivity index (χ3n) is 10.2. The highest BCUT2D eigenvalue weighted by molar-refractivity contribution is 5.71. The van der Waals surface area contributed by atoms with Crippen LogP contribution in [0.25, 0.3) is 0 Å². The van der Waals surface area contributed by atoms with E-state index in [1.54, 1.807) is 0 Å². The lowest BCUT2D eigenvalue weighted by Crippen LogP contribution is -2.30. The van der Waals surface area contributed by atoms with Crippen molar-refractivity contribution in [1.29, 1.82) is 0 Å². The maximum atomic E-state index is 12.8. The lowest BCUT2D eigenvalue weighted by atomic mass is 10.1. The molecule has 1 unspecified atom stereocenters. The van der Waals surface area contributed by atoms with Crippen molar-refractivity contribution < 1.29 is 28.6 Å². The number of unbranched alkanes of at least 4 members (excludes halogenated alkanes) is 12. The first-order chi connectivity index (χ1) is 33.5. The van der Waals surface area contributed by atoms with E-state index in [-0.39, 0.29) is 38.0 Å². The SMILES string of the molecule is CC\C=C/C=C\C=C/C=C\C=C\C=C/C=C\CCCCCC(=O)OCC(COC(=O)CCCCCCCC/C=C\C=C/CCCCC)OC(=O)CC/C=C\C/C=C\C/C=C\C/C=C\C/C=C\CC. The van der Waals surface area contributed by atoms with E-state index in [1.807, 2.05) is 85.1 Å². The lowest BCUT2D eigenvalue weighted by molar-refractivity contribution is -0.166. The van der Waals surface area contributed by atoms with Crippen molar-refractivity contribution in [3.05, 3.63) is 170 Å². The van der Waals surface area contributed by atoms with Gasteiger partial charge >= 0.3 is 17.9 Å². The first-order valence-electron chi connectivity index (χ1n) is 26.3. The largest absolute Gasteiger partial charge is 0.462 e. The summed E-state index contributed by atoms with van der Waals surface area (Å²) in [6.07, 6.45) is 80.5. The minimum Gasteiger partial charge on any atom is -0.462 e. The molecule has 0 N–H and O–H groups in total. The second-order valence-electron chi connectivity index (χ2n) is 16.5. The molecule has 0 heterocycles. The van der Waals surface area contributed by atoms with Crippen LogP contribution in [0.1, 0.15) is 181 Å². The molecule has 0 aliphatic carbocycles. The molecule has 0 aliphatic heterocycles. The maximum absolute atomic E-state index is 12.8. The summed E-state index contributed by atoms with van der Waals surface area (Å²) >= 11 is 0. The summed E-state index contributed by atoms with van der Waals surface area (Å²) in [5.74, 6) is -1.09. The average Bonchev–Trinajstić information content (AvgIpc) is 3.34. The molecule has 6 nitrogen and oxygen atoms in total. The molecular weight excluding hydrogens is 841 g/mol. The van der Waals surface area contributed by atoms with Gasteiger partial charge in [-0.25, -0.2) is 0 Å². The predicted octanol–water partition coefficient (Wildman–Crippen LogP) is 17.6. The van der Waals surface area contributed by atoms with Crippen LogP contribution in [0.4, 0.5) is 0 Å². The van der Waals surface area contributed by atoms with E-state index in [1.165, 1.54) is 32.1 Å². The van der Waals surface area contributed by atoms with Crippen LogP contribution in [-0.2, 0) is 28.6 Å². The summed E-state index contributed by atoms with van der Waals surface area (Å²) in [4.78, 5) is 38.0. The Bertz CT molecular complexity index is 1640. The molecule has 0 aliphatic rings. The highest BCUT2D eigenvalue weighted by Gasteiger charge is 2.19. The molecule has 0 amide bonds. The van der Waals surface area contributed by atoms with Gasteiger partial charge in [0.25, 0.3) is 0 Å². The Balaban J connectivity index is 4.66. The average molecular weight is 933 g/mol. The van der Waals surface area contributed by atoms with Crippen molar-refractivity contribution in [3.63, 3.8) is 0 Å². The number of hydrogen-bond donors (Lipinski definition) is 0. The van der Waals surface area contributed by atoms with E-state index < -0.39 is 12.1 Å². The van der Waals surface area contributed by atoms with Gasteiger partial charge in [0.1, 0.15) is 13.2 Å². The van der Waals surface area contributed by atoms with Crippen LogP contribution >= 0.6 is 0 Å². The molecule has 0 spiro atoms. The van der Waals surface area contributed by atoms with E-state index in [9.17, 15) is 14.4 Å². The standard InChI is InChI=1S/C62H92O6/c1-4-7-10-13-16-19-22-25-28-30-31-32-35-37-40-43-46-49-52-55-61(64)67-58-59(57-66-60(63)54-51-48-45-42-39-36-33-27-24-21-18-15-12-9-6-3)68-62(65)56-53-50-47-44-41-38-34-29-26-23-20-17-14-11-8-5-2/h7-8,10-11,13,16-22,24-32,35,37-38,40-41,47,50,59H,4-6,9,12,14-15,23,33-34,36,39,42-46,48-49,51-58H2,1-3H3/b10-7-,11-8-,16-13-,20-17-,21-18-,22-19-,27-24-,28-25-,29-26-,31-30+,35-32-,40-37-,41-38-,50-47-. The quantitative estimate of drug-likeness (QED) is 0.0199. The normalized spacial score (nSPS) is 13.5. The topological polar surface area (TPSA) is 78.9 Å². The summed E-state index contributed by atoms with van der Waals surface area (Å²) in [5, 5.41) is 0. The molecule has 376 valence electrons. The number of carbonyl (C=O) groups is 3. The first kappa shape index (κ1) is 62.8. The van der Waals surface area contributed by atoms with Crippen LogP contribution in [0.5, 0.6) is 0 Å². The van der Waals surface area contributed by atoms with Gasteiger partial charge in [0.15, 0.2) is 6.10 Å². The van der Waals surface area contributed by atoms with E-state index in [0.717, 1.165) is 96.3 Å². The van der Waals surface area contributed by atoms with Gasteiger partial charge < -0.3 is 14.2 Å². The van der Waals surface area contributed by atoms with E-state index in [0.29, 0.717) is 19.3 Å². The van der Waals surface area contributed by atoms with Gasteiger partial charge in [-0.3, -0.25) is 14.4 Å². The summed E-state index contributed by atoms with van der Waals surface area (Å²) in [6.45, 7) is 6.20. The highest BCUT2D eigenvalue weighted by atomic mass is 16.6. The second kappa shape index (κ2) is 54.4. The molecule has 68 heavy (non-hydrogen) atoms. The number of allylic oxidation sites excluding steroid dienone is 28. The minimum absolute atomic E-state index is 0.138. The third kappa shape index (κ3) is 51.7. The second-order valence-corrected chi connectivity index (χ2v) is 16.5. The Morgan fingerprint density at radius 2 is 0.676 bits per heavy atom. The zero-order valence-electron chi connectivity index (χ0n) is 42.8. The van der Waals surface area contributed by atoms with Gasteiger partial charge in [0.05, 0.1) is 0 Å². The molecule has 0 bridgehead atoms. The van der Waals surface area contributed by atoms with Crippen LogP contribution in [0.15, 0.2) is 170 Å². The molecular formula is C62H92O6. The van der Waals surface area contributed by atoms with Crippen molar-refractivity contribution >= 4 is 17.9 Å². The molecule has 0 saturated carbocycles. The van der Waals surface area contributed by atoms with E-state index >= 15 is 0 Å². The molecule has 1 atom stereocenters. The Morgan fingerprint density at radius 3 is 1.13 bits per heavy atom. The highest BCUT2D eigenvalue weighted by Crippen LogP contribution is 2.11. The zero-order valence-corrected chi connectivity index (χ0v) is 42.8. The molecule has 0 fully saturated rings. The Kier molecular flexibility index (Phi) is 50.2. The third-order valence-corrected chi connectivity index (χ3v) is 10.2. The van der Waals surface area contributed by atoms with Crippen molar-refractivity contribution in [2.45, 2.75) is 187 Å². The fraction of sp³-hybridized carbons (Fsp3) is 0.500. The Morgan fingerprint density at radius 1 is 0.324 bits per heavy atom. The summed E-state index contributed by atoms with van der Waals surface area (Å²) < 4.78 is 16.7. The van der Waals surface area contributed by atoms with Gasteiger partial charge in [-0.1, -0.05) is 236 Å². The van der Waals surface area contributed by atoms with Gasteiger partial charge in [-0.05, 0) is 96.3 Å². The molecule has 0 radical (unpaired) electrons. The van der Waals surface area contributed by atoms with Crippen molar-refractivity contribution in [3.8, 4) is 0 Å². The molecule has 0 aromatic carbocycles. The van der Waals surface area contributed by atoms with E-state index in [2.05, 4.69) is 106 Å². The van der Waals surface area contributed by atoms with Gasteiger partial charge in [0.2, 0.25) is 0 Å². The van der Waals surface area contributed by atoms with Crippen LogP contribution in [-0.4, -0.2) is 37.2 Å². The van der Waals surface area contributed by atoms with Gasteiger partial charge in [-0.2, -0.15) is 0 Å². The Hall–Kier alpha value is -5.23. The first-order valence-corrected chi connectivity index (χ1v) is 26.3. The monoisotopic (exact) mass is 933 g/mol. The van der Waals surface area contributed by atoms with Crippen molar-refractivity contribution in [2.75, 3.05) is 13.2 Å². The maximum Gasteiger partial charge on any atom is 0.306 e. The summed E-state index contributed by atoms with van der Waals surface area (Å²) in [6, 6.07) is 0. The minimum atomic E-state index is -0.851. The van der Waals surface area contributed by atoms with Crippen molar-refractivity contribution in [2.24, 2.45) is 0 Å². The fourth-order valence-electron chi connectivity index (χ4n) is 6.29. The summed E-state index contributed by atoms with van der Waals surface area (Å²) in [5.41, 5.74) is 0. The predicted molar refractivity (Wildman–Crippen MR) is 292 cm³/mol. The number of ether oxygens (including phenoxy) is 3. The lowest BCUT2D eigenvalue weighted by Gasteiger charge is -2.18. The smallest absolute Gasteiger partial charge is 0.306 e. The molecule has 0 aromatic heterocycles. The number of carbonyl (C=O) groups excluding carboxylic acids is 3. The molecule has 6 heteroatoms. The van der Waals surface area contributed by atoms with Gasteiger partial charge in [0, 0.05) is 19.3 Å². The number of esters is 3. The molecule has 0 saturated heterocycles. The number of rotatable bonds is 44. The van der Waals surface area contributed by atoms with Crippen LogP contribution in [0, 0.1) is 0 Å². The number of hydrogen-bond acceptors (Lipinski definition) is 6. The van der Waals surface area contributed by atoms with E-state index in [4.69, 9.17) is 14.2 Å². The summed E-state index contributed by atoms with van der Waals surface area (Å²) in [7, 11) is 0. The van der Waals surface area contributed by atoms with Gasteiger partial charge in [-0.15, -0.1) is 0 Å². The fourth-order valence-corrected chi connectivity index (χ4v) is 6.29. The zero-order chi connectivity index (χ0) is 49.3. The van der Waals surface area contributed by atoms with Crippen LogP contribution in [0.2, 0.25) is 0 Å². The van der Waals surface area contributed by atoms with Crippen LogP contribution < -0.4 is 0 Å². The molecule has 0 rings (SSSR count). The molecule has 0 aromatic rings. The van der Waals surface area contributed by atoms with Crippen LogP contribution in [0.3, 0.4) is 0 Å². The van der Waals surface area contributed by atoms with Crippen molar-refractivity contribution in [1.82, 2.24) is 0 Å².